The highest BCUT2D eigenvalue weighted by atomic mass is 16.5. The van der Waals surface area contributed by atoms with Gasteiger partial charge in [-0.05, 0) is 42.0 Å². The van der Waals surface area contributed by atoms with E-state index in [1.165, 1.54) is 7.11 Å². The first-order chi connectivity index (χ1) is 15.7. The predicted molar refractivity (Wildman–Crippen MR) is 121 cm³/mol. The van der Waals surface area contributed by atoms with E-state index in [4.69, 9.17) is 14.2 Å². The van der Waals surface area contributed by atoms with E-state index in [2.05, 4.69) is 15.3 Å². The summed E-state index contributed by atoms with van der Waals surface area (Å²) < 4.78 is 16.2. The molecule has 1 N–H and O–H groups in total. The maximum atomic E-state index is 12.8. The molecule has 0 bridgehead atoms. The van der Waals surface area contributed by atoms with Crippen molar-refractivity contribution in [2.45, 2.75) is 0 Å². The number of para-hydroxylation sites is 1. The molecule has 0 atom stereocenters. The number of carbonyl (C=O) groups is 1. The summed E-state index contributed by atoms with van der Waals surface area (Å²) in [7, 11) is 3.11. The molecule has 0 fully saturated rings. The molecular weight excluding hydrogens is 406 g/mol. The molecule has 0 saturated carbocycles. The van der Waals surface area contributed by atoms with Crippen LogP contribution in [0.25, 0.3) is 11.1 Å². The van der Waals surface area contributed by atoms with Gasteiger partial charge >= 0.3 is 6.01 Å². The highest BCUT2D eigenvalue weighted by Crippen LogP contribution is 2.30. The Balaban J connectivity index is 1.50. The van der Waals surface area contributed by atoms with Crippen molar-refractivity contribution in [2.24, 2.45) is 0 Å². The zero-order chi connectivity index (χ0) is 22.3. The van der Waals surface area contributed by atoms with Gasteiger partial charge in [0.25, 0.3) is 5.91 Å². The molecule has 3 aromatic carbocycles. The van der Waals surface area contributed by atoms with Gasteiger partial charge in [0.2, 0.25) is 0 Å². The van der Waals surface area contributed by atoms with Crippen molar-refractivity contribution in [1.82, 2.24) is 9.97 Å². The summed E-state index contributed by atoms with van der Waals surface area (Å²) in [5.74, 6) is 1.55. The molecule has 0 radical (unpaired) electrons. The molecule has 1 aromatic heterocycles. The standard InChI is InChI=1S/C25H21N3O4/c1-30-21-11-12-22(23(14-21)31-2)28-24(29)18-8-6-7-17(13-18)19-15-26-25(27-16-19)32-20-9-4-3-5-10-20/h3-16H,1-2H3,(H,28,29). The average Bonchev–Trinajstić information content (AvgIpc) is 2.85. The van der Waals surface area contributed by atoms with Gasteiger partial charge in [0.15, 0.2) is 0 Å². The second-order valence-corrected chi connectivity index (χ2v) is 6.77. The topological polar surface area (TPSA) is 82.6 Å². The van der Waals surface area contributed by atoms with E-state index in [-0.39, 0.29) is 11.9 Å². The van der Waals surface area contributed by atoms with Crippen LogP contribution in [0.15, 0.2) is 85.2 Å². The van der Waals surface area contributed by atoms with Gasteiger partial charge in [-0.1, -0.05) is 30.3 Å². The molecular formula is C25H21N3O4. The first-order valence-corrected chi connectivity index (χ1v) is 9.85. The molecule has 7 heteroatoms. The van der Waals surface area contributed by atoms with E-state index in [0.29, 0.717) is 28.5 Å². The SMILES string of the molecule is COc1ccc(NC(=O)c2cccc(-c3cnc(Oc4ccccc4)nc3)c2)c(OC)c1. The largest absolute Gasteiger partial charge is 0.497 e. The number of rotatable bonds is 7. The fraction of sp³-hybridized carbons (Fsp3) is 0.0800. The highest BCUT2D eigenvalue weighted by molar-refractivity contribution is 6.05. The van der Waals surface area contributed by atoms with E-state index in [9.17, 15) is 4.79 Å². The Morgan fingerprint density at radius 1 is 0.781 bits per heavy atom. The zero-order valence-corrected chi connectivity index (χ0v) is 17.6. The van der Waals surface area contributed by atoms with Gasteiger partial charge in [0.1, 0.15) is 17.2 Å². The van der Waals surface area contributed by atoms with Gasteiger partial charge in [-0.15, -0.1) is 0 Å². The summed E-state index contributed by atoms with van der Waals surface area (Å²) in [5, 5.41) is 2.87. The minimum atomic E-state index is -0.264. The Morgan fingerprint density at radius 3 is 2.28 bits per heavy atom. The highest BCUT2D eigenvalue weighted by Gasteiger charge is 2.12. The fourth-order valence-electron chi connectivity index (χ4n) is 3.05. The van der Waals surface area contributed by atoms with Crippen LogP contribution in [0.4, 0.5) is 5.69 Å². The lowest BCUT2D eigenvalue weighted by atomic mass is 10.1. The third-order valence-corrected chi connectivity index (χ3v) is 4.70. The van der Waals surface area contributed by atoms with E-state index in [1.54, 1.807) is 49.8 Å². The molecule has 0 aliphatic heterocycles. The van der Waals surface area contributed by atoms with Crippen LogP contribution in [0.3, 0.4) is 0 Å². The summed E-state index contributed by atoms with van der Waals surface area (Å²) in [6, 6.07) is 22.0. The number of methoxy groups -OCH3 is 2. The van der Waals surface area contributed by atoms with Crippen LogP contribution < -0.4 is 19.5 Å². The number of ether oxygens (including phenoxy) is 3. The van der Waals surface area contributed by atoms with Gasteiger partial charge in [0, 0.05) is 29.6 Å². The Morgan fingerprint density at radius 2 is 1.56 bits per heavy atom. The van der Waals surface area contributed by atoms with Crippen LogP contribution in [0.5, 0.6) is 23.3 Å². The minimum absolute atomic E-state index is 0.250. The normalized spacial score (nSPS) is 10.3. The molecule has 160 valence electrons. The lowest BCUT2D eigenvalue weighted by molar-refractivity contribution is 0.102. The first-order valence-electron chi connectivity index (χ1n) is 9.85. The third-order valence-electron chi connectivity index (χ3n) is 4.70. The molecule has 4 aromatic rings. The molecule has 4 rings (SSSR count). The number of anilines is 1. The van der Waals surface area contributed by atoms with Crippen molar-refractivity contribution in [3.05, 3.63) is 90.8 Å². The van der Waals surface area contributed by atoms with Crippen molar-refractivity contribution in [3.63, 3.8) is 0 Å². The number of amides is 1. The molecule has 7 nitrogen and oxygen atoms in total. The molecule has 0 saturated heterocycles. The number of nitrogens with zero attached hydrogens (tertiary/aromatic N) is 2. The Labute approximate surface area is 185 Å². The van der Waals surface area contributed by atoms with E-state index >= 15 is 0 Å². The molecule has 0 aliphatic rings. The maximum absolute atomic E-state index is 12.8. The number of aromatic nitrogens is 2. The minimum Gasteiger partial charge on any atom is -0.497 e. The smallest absolute Gasteiger partial charge is 0.321 e. The van der Waals surface area contributed by atoms with Crippen molar-refractivity contribution < 1.29 is 19.0 Å². The second-order valence-electron chi connectivity index (χ2n) is 6.77. The summed E-state index contributed by atoms with van der Waals surface area (Å²) in [6.07, 6.45) is 3.32. The van der Waals surface area contributed by atoms with Gasteiger partial charge in [-0.3, -0.25) is 4.79 Å². The Hall–Kier alpha value is -4.39. The number of carbonyl (C=O) groups excluding carboxylic acids is 1. The summed E-state index contributed by atoms with van der Waals surface area (Å²) >= 11 is 0. The lowest BCUT2D eigenvalue weighted by Crippen LogP contribution is -2.12. The van der Waals surface area contributed by atoms with Gasteiger partial charge in [-0.25, -0.2) is 9.97 Å². The summed E-state index contributed by atoms with van der Waals surface area (Å²) in [4.78, 5) is 21.4. The summed E-state index contributed by atoms with van der Waals surface area (Å²) in [6.45, 7) is 0. The van der Waals surface area contributed by atoms with Crippen LogP contribution in [0.1, 0.15) is 10.4 Å². The van der Waals surface area contributed by atoms with Gasteiger partial charge in [-0.2, -0.15) is 0 Å². The predicted octanol–water partition coefficient (Wildman–Crippen LogP) is 5.21. The second kappa shape index (κ2) is 9.61. The molecule has 0 spiro atoms. The number of benzene rings is 3. The van der Waals surface area contributed by atoms with Crippen LogP contribution in [0.2, 0.25) is 0 Å². The number of hydrogen-bond donors (Lipinski definition) is 1. The average molecular weight is 427 g/mol. The van der Waals surface area contributed by atoms with Crippen molar-refractivity contribution >= 4 is 11.6 Å². The molecule has 0 unspecified atom stereocenters. The fourth-order valence-corrected chi connectivity index (χ4v) is 3.05. The van der Waals surface area contributed by atoms with Gasteiger partial charge < -0.3 is 19.5 Å². The quantitative estimate of drug-likeness (QED) is 0.436. The van der Waals surface area contributed by atoms with Crippen molar-refractivity contribution in [1.29, 1.82) is 0 Å². The van der Waals surface area contributed by atoms with E-state index in [1.807, 2.05) is 42.5 Å². The molecule has 1 heterocycles. The monoisotopic (exact) mass is 427 g/mol. The van der Waals surface area contributed by atoms with Crippen LogP contribution >= 0.6 is 0 Å². The van der Waals surface area contributed by atoms with Gasteiger partial charge in [0.05, 0.1) is 19.9 Å². The number of hydrogen-bond acceptors (Lipinski definition) is 6. The van der Waals surface area contributed by atoms with Crippen LogP contribution in [-0.4, -0.2) is 30.1 Å². The lowest BCUT2D eigenvalue weighted by Gasteiger charge is -2.12. The van der Waals surface area contributed by atoms with Crippen molar-refractivity contribution in [3.8, 4) is 34.4 Å². The zero-order valence-electron chi connectivity index (χ0n) is 17.6. The maximum Gasteiger partial charge on any atom is 0.321 e. The number of nitrogens with one attached hydrogen (secondary N) is 1. The van der Waals surface area contributed by atoms with E-state index < -0.39 is 0 Å². The third kappa shape index (κ3) is 4.84. The molecule has 32 heavy (non-hydrogen) atoms. The first kappa shape index (κ1) is 20.9. The van der Waals surface area contributed by atoms with Crippen LogP contribution in [-0.2, 0) is 0 Å². The molecule has 1 amide bonds. The Bertz CT molecular complexity index is 1210. The molecule has 0 aliphatic carbocycles. The summed E-state index contributed by atoms with van der Waals surface area (Å²) in [5.41, 5.74) is 2.62. The van der Waals surface area contributed by atoms with Crippen molar-refractivity contribution in [2.75, 3.05) is 19.5 Å². The Kier molecular flexibility index (Phi) is 6.27. The van der Waals surface area contributed by atoms with Crippen LogP contribution in [0, 0.1) is 0 Å². The van der Waals surface area contributed by atoms with E-state index in [0.717, 1.165) is 11.1 Å².